The Balaban J connectivity index is 1.59. The Bertz CT molecular complexity index is 999. The first-order valence-electron chi connectivity index (χ1n) is 8.66. The van der Waals surface area contributed by atoms with Crippen LogP contribution in [-0.4, -0.2) is 5.72 Å². The van der Waals surface area contributed by atoms with E-state index in [1.807, 2.05) is 66.7 Å². The topological polar surface area (TPSA) is 46.0 Å². The molecule has 2 aliphatic rings. The third-order valence-corrected chi connectivity index (χ3v) is 4.73. The van der Waals surface area contributed by atoms with Gasteiger partial charge in [0, 0.05) is 17.7 Å². The molecule has 3 aromatic carbocycles. The number of ether oxygens (including phenoxy) is 1. The standard InChI is InChI=1S/C22H17N3O/c1-2-10-18(11-3-1)24-25-21-14-16-8-5-7-13-20(16)26-22(21)15-17-9-4-6-12-19(17)23-22/h1-14,23H,15H2. The van der Waals surface area contributed by atoms with Gasteiger partial charge in [0.05, 0.1) is 5.69 Å². The maximum atomic E-state index is 6.43. The Morgan fingerprint density at radius 3 is 2.46 bits per heavy atom. The lowest BCUT2D eigenvalue weighted by atomic mass is 9.99. The van der Waals surface area contributed by atoms with Gasteiger partial charge in [0.15, 0.2) is 0 Å². The molecule has 0 amide bonds. The molecule has 26 heavy (non-hydrogen) atoms. The number of para-hydroxylation sites is 2. The molecule has 4 heteroatoms. The number of benzene rings is 3. The van der Waals surface area contributed by atoms with Gasteiger partial charge in [-0.3, -0.25) is 0 Å². The van der Waals surface area contributed by atoms with Crippen LogP contribution in [0.3, 0.4) is 0 Å². The number of rotatable bonds is 2. The zero-order chi connectivity index (χ0) is 17.4. The highest BCUT2D eigenvalue weighted by atomic mass is 16.5. The molecule has 0 fully saturated rings. The van der Waals surface area contributed by atoms with Gasteiger partial charge in [-0.05, 0) is 35.9 Å². The summed E-state index contributed by atoms with van der Waals surface area (Å²) in [6.45, 7) is 0. The zero-order valence-electron chi connectivity index (χ0n) is 14.1. The Hall–Kier alpha value is -3.40. The zero-order valence-corrected chi connectivity index (χ0v) is 14.1. The number of nitrogens with one attached hydrogen (secondary N) is 1. The molecule has 2 aliphatic heterocycles. The molecule has 0 saturated carbocycles. The van der Waals surface area contributed by atoms with Gasteiger partial charge in [-0.2, -0.15) is 5.11 Å². The lowest BCUT2D eigenvalue weighted by molar-refractivity contribution is 0.140. The number of fused-ring (bicyclic) bond motifs is 2. The lowest BCUT2D eigenvalue weighted by Gasteiger charge is -2.34. The molecule has 126 valence electrons. The fourth-order valence-corrected chi connectivity index (χ4v) is 3.46. The van der Waals surface area contributed by atoms with Crippen LogP contribution in [0.15, 0.2) is 94.8 Å². The molecule has 1 spiro atoms. The predicted octanol–water partition coefficient (Wildman–Crippen LogP) is 5.57. The largest absolute Gasteiger partial charge is 0.461 e. The fraction of sp³-hybridized carbons (Fsp3) is 0.0909. The summed E-state index contributed by atoms with van der Waals surface area (Å²) in [7, 11) is 0. The second-order valence-corrected chi connectivity index (χ2v) is 6.49. The van der Waals surface area contributed by atoms with Crippen LogP contribution in [0.1, 0.15) is 11.1 Å². The molecule has 1 N–H and O–H groups in total. The molecular weight excluding hydrogens is 322 g/mol. The summed E-state index contributed by atoms with van der Waals surface area (Å²) in [5.74, 6) is 0.853. The normalized spacial score (nSPS) is 20.2. The van der Waals surface area contributed by atoms with E-state index in [1.54, 1.807) is 0 Å². The van der Waals surface area contributed by atoms with E-state index >= 15 is 0 Å². The second-order valence-electron chi connectivity index (χ2n) is 6.49. The highest BCUT2D eigenvalue weighted by molar-refractivity contribution is 5.70. The summed E-state index contributed by atoms with van der Waals surface area (Å²) in [6, 6.07) is 26.0. The lowest BCUT2D eigenvalue weighted by Crippen LogP contribution is -2.45. The van der Waals surface area contributed by atoms with Crippen molar-refractivity contribution in [3.8, 4) is 5.75 Å². The van der Waals surface area contributed by atoms with E-state index in [4.69, 9.17) is 4.74 Å². The summed E-state index contributed by atoms with van der Waals surface area (Å²) in [5.41, 5.74) is 4.17. The average molecular weight is 339 g/mol. The van der Waals surface area contributed by atoms with Crippen LogP contribution in [0.4, 0.5) is 11.4 Å². The molecule has 5 rings (SSSR count). The van der Waals surface area contributed by atoms with Crippen LogP contribution < -0.4 is 10.1 Å². The van der Waals surface area contributed by atoms with Crippen LogP contribution in [0.5, 0.6) is 5.75 Å². The molecular formula is C22H17N3O. The maximum absolute atomic E-state index is 6.43. The van der Waals surface area contributed by atoms with Crippen molar-refractivity contribution in [1.29, 1.82) is 0 Å². The molecule has 0 radical (unpaired) electrons. The molecule has 2 heterocycles. The van der Waals surface area contributed by atoms with Gasteiger partial charge >= 0.3 is 0 Å². The van der Waals surface area contributed by atoms with Crippen molar-refractivity contribution in [2.24, 2.45) is 10.2 Å². The van der Waals surface area contributed by atoms with Gasteiger partial charge in [-0.25, -0.2) is 0 Å². The highest BCUT2D eigenvalue weighted by Gasteiger charge is 2.45. The predicted molar refractivity (Wildman–Crippen MR) is 103 cm³/mol. The smallest absolute Gasteiger partial charge is 0.229 e. The van der Waals surface area contributed by atoms with Crippen LogP contribution in [-0.2, 0) is 6.42 Å². The van der Waals surface area contributed by atoms with E-state index in [0.29, 0.717) is 6.42 Å². The summed E-state index contributed by atoms with van der Waals surface area (Å²) in [6.07, 6.45) is 2.77. The number of nitrogens with zero attached hydrogens (tertiary/aromatic N) is 2. The first kappa shape index (κ1) is 14.9. The number of hydrogen-bond donors (Lipinski definition) is 1. The molecule has 0 bridgehead atoms. The quantitative estimate of drug-likeness (QED) is 0.621. The minimum atomic E-state index is -0.726. The van der Waals surface area contributed by atoms with Crippen LogP contribution in [0.2, 0.25) is 0 Å². The summed E-state index contributed by atoms with van der Waals surface area (Å²) >= 11 is 0. The van der Waals surface area contributed by atoms with Gasteiger partial charge in [0.2, 0.25) is 5.72 Å². The van der Waals surface area contributed by atoms with Gasteiger partial charge in [-0.1, -0.05) is 54.6 Å². The van der Waals surface area contributed by atoms with Crippen LogP contribution >= 0.6 is 0 Å². The summed E-state index contributed by atoms with van der Waals surface area (Å²) in [5, 5.41) is 12.5. The Morgan fingerprint density at radius 1 is 0.808 bits per heavy atom. The molecule has 1 unspecified atom stereocenters. The van der Waals surface area contributed by atoms with E-state index in [0.717, 1.165) is 28.4 Å². The molecule has 0 aromatic heterocycles. The monoisotopic (exact) mass is 339 g/mol. The number of hydrogen-bond acceptors (Lipinski definition) is 4. The third kappa shape index (κ3) is 2.47. The Morgan fingerprint density at radius 2 is 1.58 bits per heavy atom. The van der Waals surface area contributed by atoms with Crippen molar-refractivity contribution in [2.75, 3.05) is 5.32 Å². The van der Waals surface area contributed by atoms with Crippen molar-refractivity contribution >= 4 is 17.5 Å². The van der Waals surface area contributed by atoms with Crippen molar-refractivity contribution in [3.05, 3.63) is 95.7 Å². The molecule has 0 aliphatic carbocycles. The van der Waals surface area contributed by atoms with E-state index in [1.165, 1.54) is 5.56 Å². The van der Waals surface area contributed by atoms with E-state index in [2.05, 4.69) is 33.8 Å². The first-order chi connectivity index (χ1) is 12.8. The van der Waals surface area contributed by atoms with Crippen LogP contribution in [0.25, 0.3) is 6.08 Å². The minimum absolute atomic E-state index is 0.706. The first-order valence-corrected chi connectivity index (χ1v) is 8.66. The Labute approximate surface area is 151 Å². The summed E-state index contributed by atoms with van der Waals surface area (Å²) in [4.78, 5) is 0. The highest BCUT2D eigenvalue weighted by Crippen LogP contribution is 2.44. The summed E-state index contributed by atoms with van der Waals surface area (Å²) < 4.78 is 6.43. The van der Waals surface area contributed by atoms with Gasteiger partial charge in [0.1, 0.15) is 11.4 Å². The molecule has 1 atom stereocenters. The number of anilines is 1. The number of azo groups is 1. The molecule has 0 saturated heterocycles. The third-order valence-electron chi connectivity index (χ3n) is 4.73. The Kier molecular flexibility index (Phi) is 3.35. The molecule has 3 aromatic rings. The van der Waals surface area contributed by atoms with Crippen molar-refractivity contribution < 1.29 is 4.74 Å². The van der Waals surface area contributed by atoms with Crippen LogP contribution in [0, 0.1) is 0 Å². The van der Waals surface area contributed by atoms with Gasteiger partial charge < -0.3 is 10.1 Å². The van der Waals surface area contributed by atoms with E-state index in [-0.39, 0.29) is 0 Å². The second kappa shape index (κ2) is 5.85. The van der Waals surface area contributed by atoms with E-state index < -0.39 is 5.72 Å². The van der Waals surface area contributed by atoms with Crippen molar-refractivity contribution in [1.82, 2.24) is 0 Å². The maximum Gasteiger partial charge on any atom is 0.229 e. The van der Waals surface area contributed by atoms with E-state index in [9.17, 15) is 0 Å². The van der Waals surface area contributed by atoms with Crippen molar-refractivity contribution in [3.63, 3.8) is 0 Å². The fourth-order valence-electron chi connectivity index (χ4n) is 3.46. The molecule has 4 nitrogen and oxygen atoms in total. The van der Waals surface area contributed by atoms with Gasteiger partial charge in [-0.15, -0.1) is 5.11 Å². The van der Waals surface area contributed by atoms with Crippen molar-refractivity contribution in [2.45, 2.75) is 12.1 Å². The minimum Gasteiger partial charge on any atom is -0.461 e. The SMILES string of the molecule is C1=C(N=Nc2ccccc2)C2(Cc3ccccc3N2)Oc2ccccc21. The van der Waals surface area contributed by atoms with Gasteiger partial charge in [0.25, 0.3) is 0 Å². The average Bonchev–Trinajstić information content (AvgIpc) is 3.05.